The molecule has 0 saturated heterocycles. The van der Waals surface area contributed by atoms with Gasteiger partial charge in [0, 0.05) is 18.5 Å². The molecule has 0 radical (unpaired) electrons. The molecule has 0 unspecified atom stereocenters. The van der Waals surface area contributed by atoms with Gasteiger partial charge in [0.15, 0.2) is 17.2 Å². The molecule has 3 aromatic rings. The Hall–Kier alpha value is -2.93. The number of carbonyl (C=O) groups excluding carboxylic acids is 1. The molecule has 7 heteroatoms. The van der Waals surface area contributed by atoms with Gasteiger partial charge in [0.1, 0.15) is 13.2 Å². The molecule has 1 amide bonds. The van der Waals surface area contributed by atoms with Crippen LogP contribution in [0.25, 0.3) is 0 Å². The van der Waals surface area contributed by atoms with E-state index >= 15 is 0 Å². The number of amides is 1. The Morgan fingerprint density at radius 1 is 1.04 bits per heavy atom. The van der Waals surface area contributed by atoms with Crippen molar-refractivity contribution < 1.29 is 14.3 Å². The summed E-state index contributed by atoms with van der Waals surface area (Å²) in [6, 6.07) is 16.1. The SMILES string of the molecule is O=C(c1csnn1)N(CCCc1ccccc1)Cc1ccc2c(c1)OCCO2. The Balaban J connectivity index is 1.47. The van der Waals surface area contributed by atoms with Crippen molar-refractivity contribution in [2.24, 2.45) is 0 Å². The number of ether oxygens (including phenoxy) is 2. The fraction of sp³-hybridized carbons (Fsp3) is 0.286. The highest BCUT2D eigenvalue weighted by Crippen LogP contribution is 2.31. The number of aryl methyl sites for hydroxylation is 1. The average Bonchev–Trinajstić information content (AvgIpc) is 3.28. The zero-order chi connectivity index (χ0) is 19.2. The molecule has 0 bridgehead atoms. The summed E-state index contributed by atoms with van der Waals surface area (Å²) < 4.78 is 15.1. The molecule has 2 aromatic carbocycles. The van der Waals surface area contributed by atoms with Gasteiger partial charge in [-0.05, 0) is 47.6 Å². The predicted molar refractivity (Wildman–Crippen MR) is 107 cm³/mol. The van der Waals surface area contributed by atoms with Crippen LogP contribution >= 0.6 is 11.5 Å². The topological polar surface area (TPSA) is 64.6 Å². The normalized spacial score (nSPS) is 12.6. The molecular formula is C21H21N3O3S. The Kier molecular flexibility index (Phi) is 5.82. The molecule has 0 N–H and O–H groups in total. The summed E-state index contributed by atoms with van der Waals surface area (Å²) >= 11 is 1.19. The number of fused-ring (bicyclic) bond motifs is 1. The molecule has 1 aliphatic rings. The number of carbonyl (C=O) groups is 1. The Morgan fingerprint density at radius 3 is 2.64 bits per heavy atom. The van der Waals surface area contributed by atoms with Crippen molar-refractivity contribution in [2.75, 3.05) is 19.8 Å². The molecule has 6 nitrogen and oxygen atoms in total. The number of nitrogens with zero attached hydrogens (tertiary/aromatic N) is 3. The van der Waals surface area contributed by atoms with Crippen LogP contribution in [0.5, 0.6) is 11.5 Å². The van der Waals surface area contributed by atoms with Gasteiger partial charge in [-0.3, -0.25) is 4.79 Å². The second-order valence-electron chi connectivity index (χ2n) is 6.58. The first-order valence-electron chi connectivity index (χ1n) is 9.28. The summed E-state index contributed by atoms with van der Waals surface area (Å²) in [5.74, 6) is 1.38. The highest BCUT2D eigenvalue weighted by atomic mass is 32.1. The second-order valence-corrected chi connectivity index (χ2v) is 7.19. The third-order valence-electron chi connectivity index (χ3n) is 4.58. The van der Waals surface area contributed by atoms with Gasteiger partial charge in [0.25, 0.3) is 5.91 Å². The maximum absolute atomic E-state index is 12.9. The van der Waals surface area contributed by atoms with E-state index in [-0.39, 0.29) is 5.91 Å². The van der Waals surface area contributed by atoms with Crippen LogP contribution < -0.4 is 9.47 Å². The zero-order valence-corrected chi connectivity index (χ0v) is 16.2. The average molecular weight is 395 g/mol. The third-order valence-corrected chi connectivity index (χ3v) is 5.09. The first-order chi connectivity index (χ1) is 13.8. The van der Waals surface area contributed by atoms with Gasteiger partial charge in [0.05, 0.1) is 0 Å². The summed E-state index contributed by atoms with van der Waals surface area (Å²) in [7, 11) is 0. The number of rotatable bonds is 7. The minimum atomic E-state index is -0.100. The first kappa shape index (κ1) is 18.4. The lowest BCUT2D eigenvalue weighted by molar-refractivity contribution is 0.0735. The number of hydrogen-bond acceptors (Lipinski definition) is 6. The van der Waals surface area contributed by atoms with E-state index in [1.54, 1.807) is 5.38 Å². The van der Waals surface area contributed by atoms with Gasteiger partial charge in [0.2, 0.25) is 0 Å². The van der Waals surface area contributed by atoms with E-state index in [0.717, 1.165) is 29.9 Å². The van der Waals surface area contributed by atoms with Crippen molar-refractivity contribution in [2.45, 2.75) is 19.4 Å². The highest BCUT2D eigenvalue weighted by molar-refractivity contribution is 7.03. The molecule has 1 aliphatic heterocycles. The minimum Gasteiger partial charge on any atom is -0.486 e. The van der Waals surface area contributed by atoms with E-state index in [4.69, 9.17) is 9.47 Å². The van der Waals surface area contributed by atoms with Gasteiger partial charge in [-0.15, -0.1) is 5.10 Å². The molecule has 144 valence electrons. The summed E-state index contributed by atoms with van der Waals surface area (Å²) in [6.07, 6.45) is 1.79. The summed E-state index contributed by atoms with van der Waals surface area (Å²) in [4.78, 5) is 14.7. The Bertz CT molecular complexity index is 916. The van der Waals surface area contributed by atoms with E-state index in [0.29, 0.717) is 32.0 Å². The van der Waals surface area contributed by atoms with E-state index in [9.17, 15) is 4.79 Å². The van der Waals surface area contributed by atoms with Crippen LogP contribution in [-0.2, 0) is 13.0 Å². The van der Waals surface area contributed by atoms with E-state index in [1.807, 2.05) is 41.3 Å². The molecule has 0 saturated carbocycles. The van der Waals surface area contributed by atoms with E-state index in [1.165, 1.54) is 17.1 Å². The van der Waals surface area contributed by atoms with Gasteiger partial charge in [-0.25, -0.2) is 0 Å². The van der Waals surface area contributed by atoms with Gasteiger partial charge < -0.3 is 14.4 Å². The predicted octanol–water partition coefficient (Wildman–Crippen LogP) is 3.58. The van der Waals surface area contributed by atoms with Crippen molar-refractivity contribution in [3.63, 3.8) is 0 Å². The number of benzene rings is 2. The van der Waals surface area contributed by atoms with Crippen LogP contribution in [0.1, 0.15) is 28.0 Å². The third kappa shape index (κ3) is 4.48. The van der Waals surface area contributed by atoms with Crippen molar-refractivity contribution in [3.05, 3.63) is 70.7 Å². The van der Waals surface area contributed by atoms with E-state index < -0.39 is 0 Å². The second kappa shape index (κ2) is 8.84. The maximum atomic E-state index is 12.9. The molecule has 2 heterocycles. The molecule has 0 fully saturated rings. The van der Waals surface area contributed by atoms with Gasteiger partial charge in [-0.1, -0.05) is 40.9 Å². The van der Waals surface area contributed by atoms with Crippen molar-refractivity contribution in [1.29, 1.82) is 0 Å². The van der Waals surface area contributed by atoms with Crippen LogP contribution in [0.3, 0.4) is 0 Å². The smallest absolute Gasteiger partial charge is 0.275 e. The summed E-state index contributed by atoms with van der Waals surface area (Å²) in [6.45, 7) is 2.23. The quantitative estimate of drug-likeness (QED) is 0.612. The van der Waals surface area contributed by atoms with Crippen LogP contribution in [0.15, 0.2) is 53.9 Å². The molecule has 0 atom stereocenters. The standard InChI is InChI=1S/C21H21N3O3S/c25-21(18-15-28-23-22-18)24(10-4-7-16-5-2-1-3-6-16)14-17-8-9-19-20(13-17)27-12-11-26-19/h1-3,5-6,8-9,13,15H,4,7,10-12,14H2. The lowest BCUT2D eigenvalue weighted by Gasteiger charge is -2.24. The molecule has 0 aliphatic carbocycles. The first-order valence-corrected chi connectivity index (χ1v) is 10.1. The number of hydrogen-bond donors (Lipinski definition) is 0. The van der Waals surface area contributed by atoms with E-state index in [2.05, 4.69) is 21.7 Å². The molecule has 28 heavy (non-hydrogen) atoms. The summed E-state index contributed by atoms with van der Waals surface area (Å²) in [5.41, 5.74) is 2.66. The minimum absolute atomic E-state index is 0.100. The van der Waals surface area contributed by atoms with Crippen molar-refractivity contribution in [3.8, 4) is 11.5 Å². The highest BCUT2D eigenvalue weighted by Gasteiger charge is 2.20. The zero-order valence-electron chi connectivity index (χ0n) is 15.4. The van der Waals surface area contributed by atoms with Gasteiger partial charge in [-0.2, -0.15) is 0 Å². The van der Waals surface area contributed by atoms with Crippen molar-refractivity contribution >= 4 is 17.4 Å². The molecule has 4 rings (SSSR count). The maximum Gasteiger partial charge on any atom is 0.275 e. The Labute approximate surface area is 167 Å². The van der Waals surface area contributed by atoms with Crippen LogP contribution in [-0.4, -0.2) is 40.2 Å². The van der Waals surface area contributed by atoms with Gasteiger partial charge >= 0.3 is 0 Å². The fourth-order valence-electron chi connectivity index (χ4n) is 3.20. The van der Waals surface area contributed by atoms with Crippen LogP contribution in [0.4, 0.5) is 0 Å². The molecular weight excluding hydrogens is 374 g/mol. The Morgan fingerprint density at radius 2 is 1.86 bits per heavy atom. The molecule has 0 spiro atoms. The van der Waals surface area contributed by atoms with Crippen LogP contribution in [0, 0.1) is 0 Å². The molecule has 1 aromatic heterocycles. The van der Waals surface area contributed by atoms with Crippen LogP contribution in [0.2, 0.25) is 0 Å². The number of aromatic nitrogens is 2. The lowest BCUT2D eigenvalue weighted by atomic mass is 10.1. The monoisotopic (exact) mass is 395 g/mol. The lowest BCUT2D eigenvalue weighted by Crippen LogP contribution is -2.32. The fourth-order valence-corrected chi connectivity index (χ4v) is 3.63. The summed E-state index contributed by atoms with van der Waals surface area (Å²) in [5, 5.41) is 5.64. The largest absolute Gasteiger partial charge is 0.486 e. The van der Waals surface area contributed by atoms with Crippen molar-refractivity contribution in [1.82, 2.24) is 14.5 Å².